The Kier molecular flexibility index (Phi) is 7.65. The second-order valence-corrected chi connectivity index (χ2v) is 8.31. The predicted octanol–water partition coefficient (Wildman–Crippen LogP) is 4.64. The molecular weight excluding hydrogens is 454 g/mol. The Balaban J connectivity index is 1.59. The highest BCUT2D eigenvalue weighted by Gasteiger charge is 2.21. The lowest BCUT2D eigenvalue weighted by Crippen LogP contribution is -2.33. The highest BCUT2D eigenvalue weighted by molar-refractivity contribution is 5.94. The van der Waals surface area contributed by atoms with E-state index in [9.17, 15) is 9.59 Å². The van der Waals surface area contributed by atoms with Crippen LogP contribution in [0.4, 0.5) is 17.2 Å². The van der Waals surface area contributed by atoms with Crippen LogP contribution in [0.3, 0.4) is 0 Å². The van der Waals surface area contributed by atoms with E-state index < -0.39 is 6.04 Å². The fraction of sp³-hybridized carbons (Fsp3) is 0.179. The van der Waals surface area contributed by atoms with Gasteiger partial charge in [-0.1, -0.05) is 24.3 Å². The van der Waals surface area contributed by atoms with E-state index in [0.717, 1.165) is 27.6 Å². The number of nitrogens with two attached hydrogens (primary N) is 1. The van der Waals surface area contributed by atoms with Crippen LogP contribution in [0.1, 0.15) is 31.0 Å². The van der Waals surface area contributed by atoms with Crippen LogP contribution >= 0.6 is 0 Å². The largest absolute Gasteiger partial charge is 0.494 e. The summed E-state index contributed by atoms with van der Waals surface area (Å²) in [6.45, 7) is 4.20. The molecule has 1 aromatic heterocycles. The van der Waals surface area contributed by atoms with Gasteiger partial charge in [-0.25, -0.2) is 4.98 Å². The number of carbonyl (C=O) groups excluding carboxylic acids is 2. The molecule has 3 aromatic carbocycles. The van der Waals surface area contributed by atoms with E-state index in [1.807, 2.05) is 73.7 Å². The predicted molar refractivity (Wildman–Crippen MR) is 143 cm³/mol. The number of aromatic nitrogens is 1. The van der Waals surface area contributed by atoms with Crippen molar-refractivity contribution in [1.29, 1.82) is 0 Å². The summed E-state index contributed by atoms with van der Waals surface area (Å²) in [7, 11) is 0. The van der Waals surface area contributed by atoms with Crippen molar-refractivity contribution in [3.63, 3.8) is 0 Å². The van der Waals surface area contributed by atoms with Crippen LogP contribution in [0.15, 0.2) is 79.0 Å². The summed E-state index contributed by atoms with van der Waals surface area (Å²) in [5, 5.41) is 10.9. The van der Waals surface area contributed by atoms with Gasteiger partial charge in [-0.15, -0.1) is 0 Å². The molecule has 184 valence electrons. The number of carbonyl (C=O) groups is 2. The summed E-state index contributed by atoms with van der Waals surface area (Å²) in [4.78, 5) is 29.0. The Labute approximate surface area is 209 Å². The molecule has 0 saturated heterocycles. The number of pyridine rings is 1. The molecule has 0 spiro atoms. The number of rotatable bonds is 9. The lowest BCUT2D eigenvalue weighted by atomic mass is 10.0. The zero-order valence-corrected chi connectivity index (χ0v) is 20.2. The third kappa shape index (κ3) is 6.09. The van der Waals surface area contributed by atoms with Crippen LogP contribution < -0.4 is 26.4 Å². The summed E-state index contributed by atoms with van der Waals surface area (Å²) < 4.78 is 5.66. The number of hydrogen-bond acceptors (Lipinski definition) is 6. The summed E-state index contributed by atoms with van der Waals surface area (Å²) in [6.07, 6.45) is 1.66. The summed E-state index contributed by atoms with van der Waals surface area (Å²) in [6, 6.07) is 21.8. The molecule has 2 amide bonds. The first-order valence-electron chi connectivity index (χ1n) is 11.7. The van der Waals surface area contributed by atoms with Gasteiger partial charge in [-0.2, -0.15) is 0 Å². The number of ether oxygens (including phenoxy) is 1. The Hall–Kier alpha value is -4.59. The molecule has 8 nitrogen and oxygen atoms in total. The topological polar surface area (TPSA) is 118 Å². The molecule has 0 bridgehead atoms. The van der Waals surface area contributed by atoms with Crippen molar-refractivity contribution in [2.45, 2.75) is 26.4 Å². The van der Waals surface area contributed by atoms with Crippen LogP contribution in [0.5, 0.6) is 5.75 Å². The minimum Gasteiger partial charge on any atom is -0.494 e. The quantitative estimate of drug-likeness (QED) is 0.275. The van der Waals surface area contributed by atoms with Crippen molar-refractivity contribution in [3.05, 3.63) is 90.1 Å². The maximum absolute atomic E-state index is 13.5. The number of fused-ring (bicyclic) bond motifs is 1. The van der Waals surface area contributed by atoms with Gasteiger partial charge in [0.25, 0.3) is 0 Å². The normalized spacial score (nSPS) is 11.5. The van der Waals surface area contributed by atoms with Gasteiger partial charge in [0.15, 0.2) is 0 Å². The van der Waals surface area contributed by atoms with E-state index in [1.165, 1.54) is 6.92 Å². The van der Waals surface area contributed by atoms with E-state index in [0.29, 0.717) is 30.4 Å². The highest BCUT2D eigenvalue weighted by atomic mass is 16.5. The first kappa shape index (κ1) is 24.5. The molecule has 0 radical (unpaired) electrons. The van der Waals surface area contributed by atoms with Crippen LogP contribution in [-0.4, -0.2) is 23.4 Å². The van der Waals surface area contributed by atoms with E-state index in [-0.39, 0.29) is 11.8 Å². The number of nitrogens with zero attached hydrogens (tertiary/aromatic N) is 1. The van der Waals surface area contributed by atoms with Crippen molar-refractivity contribution in [1.82, 2.24) is 10.3 Å². The Morgan fingerprint density at radius 2 is 1.83 bits per heavy atom. The molecule has 0 saturated carbocycles. The zero-order valence-electron chi connectivity index (χ0n) is 20.2. The van der Waals surface area contributed by atoms with Crippen molar-refractivity contribution >= 4 is 39.8 Å². The molecule has 0 aliphatic carbocycles. The maximum atomic E-state index is 13.5. The summed E-state index contributed by atoms with van der Waals surface area (Å²) in [5.41, 5.74) is 9.07. The third-order valence-electron chi connectivity index (χ3n) is 5.58. The number of anilines is 3. The van der Waals surface area contributed by atoms with Gasteiger partial charge in [-0.3, -0.25) is 9.59 Å². The van der Waals surface area contributed by atoms with Crippen molar-refractivity contribution in [2.24, 2.45) is 0 Å². The van der Waals surface area contributed by atoms with E-state index >= 15 is 0 Å². The van der Waals surface area contributed by atoms with Crippen LogP contribution in [-0.2, 0) is 16.1 Å². The first-order valence-corrected chi connectivity index (χ1v) is 11.7. The molecule has 0 aliphatic rings. The van der Waals surface area contributed by atoms with Crippen molar-refractivity contribution in [3.8, 4) is 5.75 Å². The monoisotopic (exact) mass is 483 g/mol. The van der Waals surface area contributed by atoms with Gasteiger partial charge in [0.05, 0.1) is 6.61 Å². The molecule has 0 fully saturated rings. The van der Waals surface area contributed by atoms with Crippen molar-refractivity contribution in [2.75, 3.05) is 23.0 Å². The van der Waals surface area contributed by atoms with Crippen LogP contribution in [0, 0.1) is 0 Å². The average molecular weight is 484 g/mol. The van der Waals surface area contributed by atoms with Crippen LogP contribution in [0.25, 0.3) is 10.8 Å². The van der Waals surface area contributed by atoms with Gasteiger partial charge in [0.2, 0.25) is 11.8 Å². The van der Waals surface area contributed by atoms with Gasteiger partial charge >= 0.3 is 0 Å². The number of nitrogen functional groups attached to an aromatic ring is 1. The van der Waals surface area contributed by atoms with Gasteiger partial charge in [0, 0.05) is 36.4 Å². The fourth-order valence-electron chi connectivity index (χ4n) is 3.96. The first-order chi connectivity index (χ1) is 17.4. The molecule has 1 unspecified atom stereocenters. The smallest absolute Gasteiger partial charge is 0.247 e. The second-order valence-electron chi connectivity index (χ2n) is 8.31. The molecule has 8 heteroatoms. The number of hydrogen-bond donors (Lipinski definition) is 4. The maximum Gasteiger partial charge on any atom is 0.247 e. The Morgan fingerprint density at radius 1 is 1.00 bits per heavy atom. The van der Waals surface area contributed by atoms with E-state index in [1.54, 1.807) is 12.3 Å². The van der Waals surface area contributed by atoms with Crippen molar-refractivity contribution < 1.29 is 14.3 Å². The molecule has 4 aromatic rings. The standard InChI is InChI=1S/C28H29N5O3/c1-3-36-24-9-5-7-21(16-24)26(33-23-10-11-25-20(15-23)12-13-30-27(25)29)28(35)31-17-19-6-4-8-22(14-19)32-18(2)34/h4-16,26,33H,3,17H2,1-2H3,(H2,29,30)(H,31,35)(H,32,34). The molecule has 36 heavy (non-hydrogen) atoms. The number of nitrogens with one attached hydrogen (secondary N) is 3. The summed E-state index contributed by atoms with van der Waals surface area (Å²) >= 11 is 0. The second kappa shape index (κ2) is 11.2. The summed E-state index contributed by atoms with van der Waals surface area (Å²) in [5.74, 6) is 0.791. The molecule has 1 heterocycles. The van der Waals surface area contributed by atoms with Gasteiger partial charge in [0.1, 0.15) is 17.6 Å². The molecule has 5 N–H and O–H groups in total. The molecule has 4 rings (SSSR count). The SMILES string of the molecule is CCOc1cccc(C(Nc2ccc3c(N)nccc3c2)C(=O)NCc2cccc(NC(C)=O)c2)c1. The Bertz CT molecular complexity index is 1390. The fourth-order valence-corrected chi connectivity index (χ4v) is 3.96. The van der Waals surface area contributed by atoms with E-state index in [2.05, 4.69) is 20.9 Å². The minimum absolute atomic E-state index is 0.150. The molecular formula is C28H29N5O3. The van der Waals surface area contributed by atoms with Gasteiger partial charge in [-0.05, 0) is 72.0 Å². The molecule has 1 atom stereocenters. The van der Waals surface area contributed by atoms with Gasteiger partial charge < -0.3 is 26.4 Å². The lowest BCUT2D eigenvalue weighted by Gasteiger charge is -2.21. The average Bonchev–Trinajstić information content (AvgIpc) is 2.86. The number of benzene rings is 3. The molecule has 0 aliphatic heterocycles. The zero-order chi connectivity index (χ0) is 25.5. The Morgan fingerprint density at radius 3 is 2.64 bits per heavy atom. The minimum atomic E-state index is -0.680. The third-order valence-corrected chi connectivity index (χ3v) is 5.58. The highest BCUT2D eigenvalue weighted by Crippen LogP contribution is 2.27. The number of amides is 2. The van der Waals surface area contributed by atoms with Crippen LogP contribution in [0.2, 0.25) is 0 Å². The van der Waals surface area contributed by atoms with E-state index in [4.69, 9.17) is 10.5 Å². The lowest BCUT2D eigenvalue weighted by molar-refractivity contribution is -0.122.